The van der Waals surface area contributed by atoms with Gasteiger partial charge in [0.15, 0.2) is 0 Å². The van der Waals surface area contributed by atoms with Gasteiger partial charge in [0.05, 0.1) is 11.6 Å². The minimum absolute atomic E-state index is 0.0744. The molecule has 2 rings (SSSR count). The highest BCUT2D eigenvalue weighted by Crippen LogP contribution is 2.24. The van der Waals surface area contributed by atoms with E-state index in [0.29, 0.717) is 10.2 Å². The van der Waals surface area contributed by atoms with E-state index in [1.807, 2.05) is 6.07 Å². The fraction of sp³-hybridized carbons (Fsp3) is 0.0714. The Morgan fingerprint density at radius 1 is 1.14 bits per heavy atom. The van der Waals surface area contributed by atoms with E-state index in [1.165, 1.54) is 12.1 Å². The van der Waals surface area contributed by atoms with Crippen LogP contribution in [0.3, 0.4) is 0 Å². The Balaban J connectivity index is 2.02. The van der Waals surface area contributed by atoms with Crippen molar-refractivity contribution in [2.24, 2.45) is 0 Å². The number of para-hydroxylation sites is 1. The average Bonchev–Trinajstić information content (AvgIpc) is 2.46. The van der Waals surface area contributed by atoms with Crippen LogP contribution in [-0.4, -0.2) is 20.9 Å². The summed E-state index contributed by atoms with van der Waals surface area (Å²) >= 11 is 9.11. The molecule has 0 bridgehead atoms. The zero-order valence-corrected chi connectivity index (χ0v) is 14.4. The molecule has 0 spiro atoms. The van der Waals surface area contributed by atoms with Gasteiger partial charge in [-0.2, -0.15) is 0 Å². The quantitative estimate of drug-likeness (QED) is 0.806. The molecule has 0 aliphatic rings. The van der Waals surface area contributed by atoms with Crippen molar-refractivity contribution < 1.29 is 13.2 Å². The molecule has 0 atom stereocenters. The number of amides is 1. The van der Waals surface area contributed by atoms with Crippen LogP contribution in [0.1, 0.15) is 0 Å². The Hall–Kier alpha value is -1.41. The summed E-state index contributed by atoms with van der Waals surface area (Å²) in [4.78, 5) is 11.7. The standard InChI is InChI=1S/C14H12BrClN2O3S/c15-10-6-7-13(12(16)8-10)22(20,21)17-9-14(19)18-11-4-2-1-3-5-11/h1-8,17H,9H2,(H,18,19). The van der Waals surface area contributed by atoms with Gasteiger partial charge < -0.3 is 5.32 Å². The lowest BCUT2D eigenvalue weighted by Gasteiger charge is -2.09. The summed E-state index contributed by atoms with van der Waals surface area (Å²) in [5, 5.41) is 2.66. The first kappa shape index (κ1) is 17.0. The van der Waals surface area contributed by atoms with Crippen LogP contribution in [0.15, 0.2) is 57.9 Å². The minimum Gasteiger partial charge on any atom is -0.325 e. The third-order valence-corrected chi connectivity index (χ3v) is 5.04. The molecule has 0 saturated carbocycles. The Labute approximate surface area is 141 Å². The minimum atomic E-state index is -3.86. The number of hydrogen-bond donors (Lipinski definition) is 2. The average molecular weight is 404 g/mol. The molecular formula is C14H12BrClN2O3S. The summed E-state index contributed by atoms with van der Waals surface area (Å²) in [6, 6.07) is 13.2. The molecule has 0 radical (unpaired) electrons. The van der Waals surface area contributed by atoms with Gasteiger partial charge in [-0.05, 0) is 30.3 Å². The van der Waals surface area contributed by atoms with Gasteiger partial charge in [0, 0.05) is 10.2 Å². The molecule has 2 aromatic rings. The van der Waals surface area contributed by atoms with Gasteiger partial charge in [-0.3, -0.25) is 4.79 Å². The van der Waals surface area contributed by atoms with E-state index in [9.17, 15) is 13.2 Å². The van der Waals surface area contributed by atoms with Crippen molar-refractivity contribution in [2.45, 2.75) is 4.90 Å². The number of rotatable bonds is 5. The molecule has 116 valence electrons. The molecule has 2 aromatic carbocycles. The molecule has 2 N–H and O–H groups in total. The fourth-order valence-electron chi connectivity index (χ4n) is 1.66. The highest BCUT2D eigenvalue weighted by atomic mass is 79.9. The summed E-state index contributed by atoms with van der Waals surface area (Å²) in [6.45, 7) is -0.385. The third kappa shape index (κ3) is 4.54. The van der Waals surface area contributed by atoms with Crippen LogP contribution in [-0.2, 0) is 14.8 Å². The van der Waals surface area contributed by atoms with Crippen LogP contribution in [0.25, 0.3) is 0 Å². The number of halogens is 2. The molecule has 0 heterocycles. The molecule has 0 saturated heterocycles. The molecular weight excluding hydrogens is 392 g/mol. The molecule has 0 unspecified atom stereocenters. The van der Waals surface area contributed by atoms with E-state index in [4.69, 9.17) is 11.6 Å². The third-order valence-electron chi connectivity index (χ3n) is 2.66. The lowest BCUT2D eigenvalue weighted by Crippen LogP contribution is -2.33. The lowest BCUT2D eigenvalue weighted by atomic mass is 10.3. The zero-order chi connectivity index (χ0) is 16.2. The maximum Gasteiger partial charge on any atom is 0.242 e. The Morgan fingerprint density at radius 3 is 2.45 bits per heavy atom. The largest absolute Gasteiger partial charge is 0.325 e. The maximum absolute atomic E-state index is 12.1. The second kappa shape index (κ2) is 7.23. The van der Waals surface area contributed by atoms with Gasteiger partial charge in [0.2, 0.25) is 15.9 Å². The predicted molar refractivity (Wildman–Crippen MR) is 89.4 cm³/mol. The van der Waals surface area contributed by atoms with Gasteiger partial charge in [-0.1, -0.05) is 45.7 Å². The van der Waals surface area contributed by atoms with Crippen LogP contribution in [0.4, 0.5) is 5.69 Å². The molecule has 0 fully saturated rings. The summed E-state index contributed by atoms with van der Waals surface area (Å²) in [6.07, 6.45) is 0. The van der Waals surface area contributed by atoms with Crippen molar-refractivity contribution in [3.05, 3.63) is 58.0 Å². The van der Waals surface area contributed by atoms with E-state index >= 15 is 0 Å². The van der Waals surface area contributed by atoms with Crippen molar-refractivity contribution in [3.63, 3.8) is 0 Å². The van der Waals surface area contributed by atoms with Crippen LogP contribution < -0.4 is 10.0 Å². The van der Waals surface area contributed by atoms with Crippen molar-refractivity contribution in [3.8, 4) is 0 Å². The second-order valence-corrected chi connectivity index (χ2v) is 7.37. The second-order valence-electron chi connectivity index (χ2n) is 4.31. The zero-order valence-electron chi connectivity index (χ0n) is 11.2. The van der Waals surface area contributed by atoms with E-state index in [2.05, 4.69) is 26.0 Å². The SMILES string of the molecule is O=C(CNS(=O)(=O)c1ccc(Br)cc1Cl)Nc1ccccc1. The van der Waals surface area contributed by atoms with Crippen LogP contribution >= 0.6 is 27.5 Å². The van der Waals surface area contributed by atoms with Crippen molar-refractivity contribution in [2.75, 3.05) is 11.9 Å². The van der Waals surface area contributed by atoms with E-state index in [-0.39, 0.29) is 16.5 Å². The van der Waals surface area contributed by atoms with Crippen LogP contribution in [0.5, 0.6) is 0 Å². The Morgan fingerprint density at radius 2 is 1.82 bits per heavy atom. The van der Waals surface area contributed by atoms with Gasteiger partial charge in [0.1, 0.15) is 4.90 Å². The van der Waals surface area contributed by atoms with Crippen molar-refractivity contribution in [1.82, 2.24) is 4.72 Å². The number of carbonyl (C=O) groups is 1. The van der Waals surface area contributed by atoms with Crippen molar-refractivity contribution in [1.29, 1.82) is 0 Å². The van der Waals surface area contributed by atoms with E-state index < -0.39 is 15.9 Å². The number of anilines is 1. The Kier molecular flexibility index (Phi) is 5.57. The van der Waals surface area contributed by atoms with E-state index in [0.717, 1.165) is 0 Å². The van der Waals surface area contributed by atoms with Gasteiger partial charge in [-0.25, -0.2) is 13.1 Å². The van der Waals surface area contributed by atoms with Crippen LogP contribution in [0, 0.1) is 0 Å². The Bertz CT molecular complexity index is 782. The first-order valence-corrected chi connectivity index (χ1v) is 8.83. The number of sulfonamides is 1. The molecule has 22 heavy (non-hydrogen) atoms. The molecule has 8 heteroatoms. The molecule has 0 aliphatic heterocycles. The molecule has 5 nitrogen and oxygen atoms in total. The first-order valence-electron chi connectivity index (χ1n) is 6.18. The number of hydrogen-bond acceptors (Lipinski definition) is 3. The highest BCUT2D eigenvalue weighted by molar-refractivity contribution is 9.10. The summed E-state index contributed by atoms with van der Waals surface area (Å²) in [5.41, 5.74) is 0.591. The fourth-order valence-corrected chi connectivity index (χ4v) is 3.68. The summed E-state index contributed by atoms with van der Waals surface area (Å²) in [7, 11) is -3.86. The number of carbonyl (C=O) groups excluding carboxylic acids is 1. The maximum atomic E-state index is 12.1. The normalized spacial score (nSPS) is 11.2. The van der Waals surface area contributed by atoms with Crippen molar-refractivity contribution >= 4 is 49.1 Å². The smallest absolute Gasteiger partial charge is 0.242 e. The molecule has 0 aliphatic carbocycles. The highest BCUT2D eigenvalue weighted by Gasteiger charge is 2.19. The summed E-state index contributed by atoms with van der Waals surface area (Å²) in [5.74, 6) is -0.469. The summed E-state index contributed by atoms with van der Waals surface area (Å²) < 4.78 is 27.1. The predicted octanol–water partition coefficient (Wildman–Crippen LogP) is 3.02. The molecule has 0 aromatic heterocycles. The topological polar surface area (TPSA) is 75.3 Å². The number of nitrogens with one attached hydrogen (secondary N) is 2. The van der Waals surface area contributed by atoms with Gasteiger partial charge >= 0.3 is 0 Å². The molecule has 1 amide bonds. The first-order chi connectivity index (χ1) is 10.4. The van der Waals surface area contributed by atoms with E-state index in [1.54, 1.807) is 30.3 Å². The lowest BCUT2D eigenvalue weighted by molar-refractivity contribution is -0.115. The van der Waals surface area contributed by atoms with Gasteiger partial charge in [0.25, 0.3) is 0 Å². The van der Waals surface area contributed by atoms with Crippen LogP contribution in [0.2, 0.25) is 5.02 Å². The number of benzene rings is 2. The van der Waals surface area contributed by atoms with Gasteiger partial charge in [-0.15, -0.1) is 0 Å². The monoisotopic (exact) mass is 402 g/mol.